The molecule has 0 aliphatic carbocycles. The van der Waals surface area contributed by atoms with Gasteiger partial charge in [0.25, 0.3) is 0 Å². The number of H-pyrrole nitrogens is 1. The highest BCUT2D eigenvalue weighted by molar-refractivity contribution is 6.30. The lowest BCUT2D eigenvalue weighted by Crippen LogP contribution is -1.90. The molecule has 2 N–H and O–H groups in total. The molecule has 1 heterocycles. The minimum absolute atomic E-state index is 0.163. The molecule has 0 unspecified atom stereocenters. The number of rotatable bonds is 4. The van der Waals surface area contributed by atoms with Crippen LogP contribution < -0.4 is 0 Å². The van der Waals surface area contributed by atoms with E-state index in [9.17, 15) is 5.11 Å². The van der Waals surface area contributed by atoms with Crippen LogP contribution in [0.5, 0.6) is 5.88 Å². The number of nitrogens with one attached hydrogen (secondary N) is 1. The predicted molar refractivity (Wildman–Crippen MR) is 92.3 cm³/mol. The number of aryl methyl sites for hydroxylation is 1. The molecule has 0 spiro atoms. The Kier molecular flexibility index (Phi) is 4.16. The van der Waals surface area contributed by atoms with E-state index in [1.165, 1.54) is 5.56 Å². The predicted octanol–water partition coefficient (Wildman–Crippen LogP) is 4.50. The molecule has 0 aliphatic heterocycles. The zero-order chi connectivity index (χ0) is 15.5. The molecule has 0 aliphatic rings. The van der Waals surface area contributed by atoms with Crippen molar-refractivity contribution in [1.29, 1.82) is 0 Å². The Hall–Kier alpha value is -2.26. The maximum absolute atomic E-state index is 10.0. The van der Waals surface area contributed by atoms with Crippen molar-refractivity contribution >= 4 is 28.7 Å². The van der Waals surface area contributed by atoms with Crippen molar-refractivity contribution in [3.05, 3.63) is 64.2 Å². The number of aromatic nitrogens is 1. The molecular formula is C18H17ClN2O. The smallest absolute Gasteiger partial charge is 0.198 e. The van der Waals surface area contributed by atoms with Gasteiger partial charge in [0.2, 0.25) is 0 Å². The first-order chi connectivity index (χ1) is 10.6. The average Bonchev–Trinajstić information content (AvgIpc) is 2.80. The van der Waals surface area contributed by atoms with Crippen LogP contribution in [0.3, 0.4) is 0 Å². The summed E-state index contributed by atoms with van der Waals surface area (Å²) in [5, 5.41) is 11.7. The van der Waals surface area contributed by atoms with E-state index >= 15 is 0 Å². The van der Waals surface area contributed by atoms with Crippen molar-refractivity contribution in [2.45, 2.75) is 13.3 Å². The van der Waals surface area contributed by atoms with Gasteiger partial charge in [-0.2, -0.15) is 0 Å². The third kappa shape index (κ3) is 3.15. The number of aromatic amines is 1. The van der Waals surface area contributed by atoms with Crippen LogP contribution in [0.2, 0.25) is 5.02 Å². The van der Waals surface area contributed by atoms with Crippen molar-refractivity contribution in [3.63, 3.8) is 0 Å². The van der Waals surface area contributed by atoms with Crippen LogP contribution in [0, 0.1) is 6.92 Å². The summed E-state index contributed by atoms with van der Waals surface area (Å²) in [6, 6.07) is 13.8. The molecule has 3 rings (SSSR count). The zero-order valence-electron chi connectivity index (χ0n) is 12.3. The van der Waals surface area contributed by atoms with E-state index in [1.54, 1.807) is 6.21 Å². The summed E-state index contributed by atoms with van der Waals surface area (Å²) in [6.45, 7) is 2.69. The topological polar surface area (TPSA) is 48.4 Å². The number of hydrogen-bond donors (Lipinski definition) is 2. The quantitative estimate of drug-likeness (QED) is 0.685. The first-order valence-corrected chi connectivity index (χ1v) is 7.57. The normalized spacial score (nSPS) is 11.5. The molecular weight excluding hydrogens is 296 g/mol. The molecule has 0 amide bonds. The number of aromatic hydroxyl groups is 1. The lowest BCUT2D eigenvalue weighted by atomic mass is 10.1. The highest BCUT2D eigenvalue weighted by Gasteiger charge is 2.08. The Morgan fingerprint density at radius 2 is 1.95 bits per heavy atom. The minimum atomic E-state index is 0.163. The summed E-state index contributed by atoms with van der Waals surface area (Å²) in [7, 11) is 0. The van der Waals surface area contributed by atoms with Crippen molar-refractivity contribution in [1.82, 2.24) is 4.98 Å². The first-order valence-electron chi connectivity index (χ1n) is 7.19. The van der Waals surface area contributed by atoms with Gasteiger partial charge in [0.1, 0.15) is 0 Å². The summed E-state index contributed by atoms with van der Waals surface area (Å²) in [5.41, 5.74) is 4.02. The maximum atomic E-state index is 10.0. The van der Waals surface area contributed by atoms with Crippen molar-refractivity contribution in [2.24, 2.45) is 4.99 Å². The molecule has 3 aromatic rings. The highest BCUT2D eigenvalue weighted by Crippen LogP contribution is 2.26. The van der Waals surface area contributed by atoms with E-state index in [-0.39, 0.29) is 5.88 Å². The molecule has 0 radical (unpaired) electrons. The minimum Gasteiger partial charge on any atom is -0.494 e. The molecule has 2 aromatic carbocycles. The van der Waals surface area contributed by atoms with E-state index in [0.29, 0.717) is 6.54 Å². The Labute approximate surface area is 134 Å². The van der Waals surface area contributed by atoms with Crippen molar-refractivity contribution in [2.75, 3.05) is 6.54 Å². The first kappa shape index (κ1) is 14.7. The maximum Gasteiger partial charge on any atom is 0.198 e. The van der Waals surface area contributed by atoms with Gasteiger partial charge in [-0.3, -0.25) is 4.99 Å². The van der Waals surface area contributed by atoms with Crippen LogP contribution in [-0.2, 0) is 6.42 Å². The van der Waals surface area contributed by atoms with Gasteiger partial charge < -0.3 is 10.1 Å². The van der Waals surface area contributed by atoms with Crippen molar-refractivity contribution in [3.8, 4) is 5.88 Å². The fourth-order valence-electron chi connectivity index (χ4n) is 2.45. The number of nitrogens with zero attached hydrogens (tertiary/aromatic N) is 1. The fourth-order valence-corrected chi connectivity index (χ4v) is 2.58. The molecule has 0 bridgehead atoms. The molecule has 0 saturated carbocycles. The third-order valence-electron chi connectivity index (χ3n) is 3.64. The number of halogens is 1. The SMILES string of the molecule is Cc1ccc2c(C=NCCc3ccc(Cl)cc3)c(O)[nH]c2c1. The van der Waals surface area contributed by atoms with E-state index in [0.717, 1.165) is 33.5 Å². The molecule has 0 atom stereocenters. The number of fused-ring (bicyclic) bond motifs is 1. The molecule has 1 aromatic heterocycles. The Bertz CT molecular complexity index is 819. The highest BCUT2D eigenvalue weighted by atomic mass is 35.5. The van der Waals surface area contributed by atoms with Crippen LogP contribution in [0.25, 0.3) is 10.9 Å². The number of aliphatic imine (C=N–C) groups is 1. The molecule has 22 heavy (non-hydrogen) atoms. The third-order valence-corrected chi connectivity index (χ3v) is 3.89. The fraction of sp³-hybridized carbons (Fsp3) is 0.167. The van der Waals surface area contributed by atoms with E-state index in [2.05, 4.69) is 9.98 Å². The molecule has 4 heteroatoms. The van der Waals surface area contributed by atoms with E-state index < -0.39 is 0 Å². The summed E-state index contributed by atoms with van der Waals surface area (Å²) in [4.78, 5) is 7.41. The van der Waals surface area contributed by atoms with Gasteiger partial charge in [0.05, 0.1) is 5.56 Å². The molecule has 3 nitrogen and oxygen atoms in total. The van der Waals surface area contributed by atoms with Crippen LogP contribution in [0.15, 0.2) is 47.5 Å². The van der Waals surface area contributed by atoms with Crippen molar-refractivity contribution < 1.29 is 5.11 Å². The lowest BCUT2D eigenvalue weighted by Gasteiger charge is -1.98. The summed E-state index contributed by atoms with van der Waals surface area (Å²) in [6.07, 6.45) is 2.58. The Morgan fingerprint density at radius 3 is 2.73 bits per heavy atom. The molecule has 0 saturated heterocycles. The van der Waals surface area contributed by atoms with Crippen LogP contribution in [0.1, 0.15) is 16.7 Å². The lowest BCUT2D eigenvalue weighted by molar-refractivity contribution is 0.457. The number of hydrogen-bond acceptors (Lipinski definition) is 2. The second-order valence-electron chi connectivity index (χ2n) is 5.35. The van der Waals surface area contributed by atoms with Gasteiger partial charge in [-0.1, -0.05) is 35.9 Å². The zero-order valence-corrected chi connectivity index (χ0v) is 13.1. The van der Waals surface area contributed by atoms with Gasteiger partial charge in [-0.15, -0.1) is 0 Å². The standard InChI is InChI=1S/C18H17ClN2O/c1-12-2-7-15-16(18(22)21-17(15)10-12)11-20-9-8-13-3-5-14(19)6-4-13/h2-7,10-11,21-22H,8-9H2,1H3. The van der Waals surface area contributed by atoms with Gasteiger partial charge in [-0.25, -0.2) is 0 Å². The van der Waals surface area contributed by atoms with Crippen LogP contribution >= 0.6 is 11.6 Å². The van der Waals surface area contributed by atoms with Crippen LogP contribution in [-0.4, -0.2) is 22.8 Å². The number of benzene rings is 2. The molecule has 0 fully saturated rings. The Morgan fingerprint density at radius 1 is 1.18 bits per heavy atom. The van der Waals surface area contributed by atoms with Gasteiger partial charge >= 0.3 is 0 Å². The van der Waals surface area contributed by atoms with Gasteiger partial charge in [-0.05, 0) is 42.7 Å². The second kappa shape index (κ2) is 6.24. The monoisotopic (exact) mass is 312 g/mol. The van der Waals surface area contributed by atoms with Crippen LogP contribution in [0.4, 0.5) is 0 Å². The largest absolute Gasteiger partial charge is 0.494 e. The van der Waals surface area contributed by atoms with E-state index in [1.807, 2.05) is 49.4 Å². The summed E-state index contributed by atoms with van der Waals surface area (Å²) >= 11 is 5.86. The second-order valence-corrected chi connectivity index (χ2v) is 5.78. The van der Waals surface area contributed by atoms with Gasteiger partial charge in [0, 0.05) is 28.7 Å². The van der Waals surface area contributed by atoms with E-state index in [4.69, 9.17) is 11.6 Å². The summed E-state index contributed by atoms with van der Waals surface area (Å²) < 4.78 is 0. The Balaban J connectivity index is 1.72. The molecule has 112 valence electrons. The summed E-state index contributed by atoms with van der Waals surface area (Å²) in [5.74, 6) is 0.163. The van der Waals surface area contributed by atoms with Gasteiger partial charge in [0.15, 0.2) is 5.88 Å². The average molecular weight is 313 g/mol.